The molecule has 0 spiro atoms. The quantitative estimate of drug-likeness (QED) is 0.754. The largest absolute Gasteiger partial charge is 0.469 e. The summed E-state index contributed by atoms with van der Waals surface area (Å²) in [6.07, 6.45) is 0.317. The normalized spacial score (nSPS) is 19.5. The highest BCUT2D eigenvalue weighted by Crippen LogP contribution is 2.23. The lowest BCUT2D eigenvalue weighted by Gasteiger charge is -2.27. The van der Waals surface area contributed by atoms with Gasteiger partial charge in [-0.1, -0.05) is 30.3 Å². The van der Waals surface area contributed by atoms with Crippen LogP contribution in [-0.4, -0.2) is 44.8 Å². The van der Waals surface area contributed by atoms with Crippen LogP contribution >= 0.6 is 12.4 Å². The molecule has 7 heteroatoms. The summed E-state index contributed by atoms with van der Waals surface area (Å²) in [6.45, 7) is 3.70. The van der Waals surface area contributed by atoms with E-state index in [1.54, 1.807) is 6.92 Å². The first-order valence-corrected chi connectivity index (χ1v) is 7.85. The molecule has 0 bridgehead atoms. The highest BCUT2D eigenvalue weighted by molar-refractivity contribution is 5.85. The number of hydrogen-bond donors (Lipinski definition) is 2. The smallest absolute Gasteiger partial charge is 0.310 e. The molecule has 1 aromatic carbocycles. The average molecular weight is 357 g/mol. The topological polar surface area (TPSA) is 76.7 Å². The summed E-state index contributed by atoms with van der Waals surface area (Å²) < 4.78 is 10.2. The van der Waals surface area contributed by atoms with Gasteiger partial charge in [-0.15, -0.1) is 12.4 Å². The van der Waals surface area contributed by atoms with E-state index in [0.29, 0.717) is 19.6 Å². The minimum Gasteiger partial charge on any atom is -0.469 e. The first-order chi connectivity index (χ1) is 11.1. The molecule has 1 aliphatic rings. The second-order valence-electron chi connectivity index (χ2n) is 5.70. The summed E-state index contributed by atoms with van der Waals surface area (Å²) in [6, 6.07) is 9.05. The minimum atomic E-state index is -0.470. The van der Waals surface area contributed by atoms with Gasteiger partial charge in [-0.25, -0.2) is 0 Å². The van der Waals surface area contributed by atoms with Crippen molar-refractivity contribution in [1.82, 2.24) is 10.6 Å². The van der Waals surface area contributed by atoms with Crippen LogP contribution in [0.3, 0.4) is 0 Å². The van der Waals surface area contributed by atoms with Crippen LogP contribution in [0.4, 0.5) is 0 Å². The zero-order valence-corrected chi connectivity index (χ0v) is 14.8. The molecule has 0 aliphatic carbocycles. The second kappa shape index (κ2) is 10.3. The summed E-state index contributed by atoms with van der Waals surface area (Å²) in [5.41, 5.74) is 0.881. The van der Waals surface area contributed by atoms with E-state index < -0.39 is 12.0 Å². The number of amides is 1. The molecule has 3 unspecified atom stereocenters. The van der Waals surface area contributed by atoms with E-state index in [1.165, 1.54) is 7.11 Å². The maximum Gasteiger partial charge on any atom is 0.310 e. The van der Waals surface area contributed by atoms with Crippen molar-refractivity contribution in [1.29, 1.82) is 0 Å². The van der Waals surface area contributed by atoms with Gasteiger partial charge in [0.15, 0.2) is 0 Å². The number of esters is 1. The SMILES string of the molecule is COC(=O)C(C)C(NC(=O)CC1COCCN1)c1ccccc1.Cl. The van der Waals surface area contributed by atoms with Crippen LogP contribution in [0.25, 0.3) is 0 Å². The van der Waals surface area contributed by atoms with Crippen LogP contribution in [0.5, 0.6) is 0 Å². The Hall–Kier alpha value is -1.63. The van der Waals surface area contributed by atoms with Crippen molar-refractivity contribution in [2.45, 2.75) is 25.4 Å². The molecule has 1 saturated heterocycles. The highest BCUT2D eigenvalue weighted by atomic mass is 35.5. The van der Waals surface area contributed by atoms with E-state index in [2.05, 4.69) is 10.6 Å². The number of carbonyl (C=O) groups is 2. The van der Waals surface area contributed by atoms with Gasteiger partial charge in [0, 0.05) is 19.0 Å². The van der Waals surface area contributed by atoms with E-state index in [0.717, 1.165) is 12.1 Å². The number of methoxy groups -OCH3 is 1. The van der Waals surface area contributed by atoms with Crippen molar-refractivity contribution in [3.63, 3.8) is 0 Å². The van der Waals surface area contributed by atoms with Gasteiger partial charge >= 0.3 is 5.97 Å². The lowest BCUT2D eigenvalue weighted by atomic mass is 9.94. The number of hydrogen-bond acceptors (Lipinski definition) is 5. The molecule has 24 heavy (non-hydrogen) atoms. The zero-order chi connectivity index (χ0) is 16.7. The molecular weight excluding hydrogens is 332 g/mol. The molecule has 1 aromatic rings. The van der Waals surface area contributed by atoms with E-state index in [1.807, 2.05) is 30.3 Å². The van der Waals surface area contributed by atoms with E-state index >= 15 is 0 Å². The summed E-state index contributed by atoms with van der Waals surface area (Å²) in [4.78, 5) is 24.2. The fourth-order valence-corrected chi connectivity index (χ4v) is 2.69. The standard InChI is InChI=1S/C17H24N2O4.ClH/c1-12(17(21)22-2)16(13-6-4-3-5-7-13)19-15(20)10-14-11-23-9-8-18-14;/h3-7,12,14,16,18H,8-11H2,1-2H3,(H,19,20);1H. The first kappa shape index (κ1) is 20.4. The molecule has 134 valence electrons. The molecule has 2 rings (SSSR count). The number of benzene rings is 1. The van der Waals surface area contributed by atoms with Crippen molar-refractivity contribution in [3.8, 4) is 0 Å². The molecule has 1 amide bonds. The molecule has 0 aromatic heterocycles. The Bertz CT molecular complexity index is 521. The van der Waals surface area contributed by atoms with Crippen molar-refractivity contribution in [3.05, 3.63) is 35.9 Å². The molecule has 1 fully saturated rings. The fraction of sp³-hybridized carbons (Fsp3) is 0.529. The maximum absolute atomic E-state index is 12.4. The Morgan fingerprint density at radius 2 is 2.08 bits per heavy atom. The predicted octanol–water partition coefficient (Wildman–Crippen LogP) is 1.45. The lowest BCUT2D eigenvalue weighted by molar-refractivity contribution is -0.146. The molecule has 6 nitrogen and oxygen atoms in total. The Balaban J connectivity index is 0.00000288. The second-order valence-corrected chi connectivity index (χ2v) is 5.70. The zero-order valence-electron chi connectivity index (χ0n) is 14.0. The van der Waals surface area contributed by atoms with Crippen LogP contribution in [0, 0.1) is 5.92 Å². The van der Waals surface area contributed by atoms with E-state index in [9.17, 15) is 9.59 Å². The van der Waals surface area contributed by atoms with E-state index in [4.69, 9.17) is 9.47 Å². The summed E-state index contributed by atoms with van der Waals surface area (Å²) in [5.74, 6) is -0.933. The van der Waals surface area contributed by atoms with Crippen molar-refractivity contribution in [2.24, 2.45) is 5.92 Å². The molecular formula is C17H25ClN2O4. The summed E-state index contributed by atoms with van der Waals surface area (Å²) in [5, 5.41) is 6.21. The van der Waals surface area contributed by atoms with Gasteiger partial charge in [0.05, 0.1) is 32.3 Å². The summed E-state index contributed by atoms with van der Waals surface area (Å²) in [7, 11) is 1.35. The molecule has 1 aliphatic heterocycles. The minimum absolute atomic E-state index is 0. The van der Waals surface area contributed by atoms with Crippen LogP contribution in [0.1, 0.15) is 24.9 Å². The van der Waals surface area contributed by atoms with Gasteiger partial charge in [-0.2, -0.15) is 0 Å². The molecule has 0 radical (unpaired) electrons. The average Bonchev–Trinajstić information content (AvgIpc) is 2.60. The highest BCUT2D eigenvalue weighted by Gasteiger charge is 2.28. The van der Waals surface area contributed by atoms with Gasteiger partial charge in [-0.05, 0) is 12.5 Å². The van der Waals surface area contributed by atoms with Gasteiger partial charge < -0.3 is 20.1 Å². The van der Waals surface area contributed by atoms with Gasteiger partial charge in [-0.3, -0.25) is 9.59 Å². The molecule has 2 N–H and O–H groups in total. The van der Waals surface area contributed by atoms with Gasteiger partial charge in [0.2, 0.25) is 5.91 Å². The van der Waals surface area contributed by atoms with Gasteiger partial charge in [0.1, 0.15) is 0 Å². The first-order valence-electron chi connectivity index (χ1n) is 7.85. The monoisotopic (exact) mass is 356 g/mol. The third-order valence-corrected chi connectivity index (χ3v) is 3.98. The predicted molar refractivity (Wildman–Crippen MR) is 93.0 cm³/mol. The Labute approximate surface area is 148 Å². The number of ether oxygens (including phenoxy) is 2. The third-order valence-electron chi connectivity index (χ3n) is 3.98. The Morgan fingerprint density at radius 1 is 1.38 bits per heavy atom. The van der Waals surface area contributed by atoms with Crippen LogP contribution in [-0.2, 0) is 19.1 Å². The molecule has 3 atom stereocenters. The van der Waals surface area contributed by atoms with Gasteiger partial charge in [0.25, 0.3) is 0 Å². The number of nitrogens with one attached hydrogen (secondary N) is 2. The number of halogens is 1. The molecule has 0 saturated carbocycles. The van der Waals surface area contributed by atoms with Crippen LogP contribution < -0.4 is 10.6 Å². The van der Waals surface area contributed by atoms with Crippen LogP contribution in [0.2, 0.25) is 0 Å². The maximum atomic E-state index is 12.4. The third kappa shape index (κ3) is 5.78. The number of morpholine rings is 1. The molecule has 1 heterocycles. The lowest BCUT2D eigenvalue weighted by Crippen LogP contribution is -2.45. The van der Waals surface area contributed by atoms with Crippen molar-refractivity contribution >= 4 is 24.3 Å². The summed E-state index contributed by atoms with van der Waals surface area (Å²) >= 11 is 0. The number of carbonyl (C=O) groups excluding carboxylic acids is 2. The van der Waals surface area contributed by atoms with Crippen molar-refractivity contribution in [2.75, 3.05) is 26.9 Å². The van der Waals surface area contributed by atoms with Crippen molar-refractivity contribution < 1.29 is 19.1 Å². The number of rotatable bonds is 6. The van der Waals surface area contributed by atoms with Crippen LogP contribution in [0.15, 0.2) is 30.3 Å². The fourth-order valence-electron chi connectivity index (χ4n) is 2.69. The Kier molecular flexibility index (Phi) is 8.74. The Morgan fingerprint density at radius 3 is 2.67 bits per heavy atom. The van der Waals surface area contributed by atoms with E-state index in [-0.39, 0.29) is 30.3 Å².